The Labute approximate surface area is 132 Å². The second-order valence-corrected chi connectivity index (χ2v) is 7.45. The van der Waals surface area contributed by atoms with E-state index in [4.69, 9.17) is 0 Å². The summed E-state index contributed by atoms with van der Waals surface area (Å²) in [7, 11) is 0. The van der Waals surface area contributed by atoms with Gasteiger partial charge in [-0.15, -0.1) is 11.3 Å². The second kappa shape index (κ2) is 5.81. The van der Waals surface area contributed by atoms with Crippen LogP contribution in [-0.4, -0.2) is 5.91 Å². The van der Waals surface area contributed by atoms with Crippen LogP contribution in [0.3, 0.4) is 0 Å². The molecule has 0 saturated heterocycles. The first-order valence-corrected chi connectivity index (χ1v) is 7.88. The van der Waals surface area contributed by atoms with E-state index in [2.05, 4.69) is 53.1 Å². The van der Waals surface area contributed by atoms with Crippen molar-refractivity contribution in [2.24, 2.45) is 0 Å². The SMILES string of the molecule is O=C(Nc1cc(Br)ccc1F)c1cc(Br)c(Br)s1. The summed E-state index contributed by atoms with van der Waals surface area (Å²) in [6, 6.07) is 6.06. The van der Waals surface area contributed by atoms with Crippen LogP contribution in [0.2, 0.25) is 0 Å². The Morgan fingerprint density at radius 3 is 2.56 bits per heavy atom. The summed E-state index contributed by atoms with van der Waals surface area (Å²) < 4.78 is 15.8. The number of carbonyl (C=O) groups is 1. The first-order chi connectivity index (χ1) is 8.47. The molecule has 0 aliphatic heterocycles. The number of hydrogen-bond donors (Lipinski definition) is 1. The molecule has 0 aliphatic carbocycles. The van der Waals surface area contributed by atoms with Gasteiger partial charge in [-0.25, -0.2) is 4.39 Å². The third-order valence-electron chi connectivity index (χ3n) is 2.05. The van der Waals surface area contributed by atoms with E-state index in [0.29, 0.717) is 9.35 Å². The van der Waals surface area contributed by atoms with Crippen LogP contribution in [0.1, 0.15) is 9.67 Å². The van der Waals surface area contributed by atoms with Gasteiger partial charge in [-0.2, -0.15) is 0 Å². The molecule has 0 bridgehead atoms. The first-order valence-electron chi connectivity index (χ1n) is 4.68. The maximum Gasteiger partial charge on any atom is 0.265 e. The van der Waals surface area contributed by atoms with Crippen LogP contribution in [0.25, 0.3) is 0 Å². The maximum atomic E-state index is 13.5. The molecule has 0 spiro atoms. The fraction of sp³-hybridized carbons (Fsp3) is 0. The summed E-state index contributed by atoms with van der Waals surface area (Å²) >= 11 is 11.1. The maximum absolute atomic E-state index is 13.5. The highest BCUT2D eigenvalue weighted by Crippen LogP contribution is 2.33. The first kappa shape index (κ1) is 14.2. The van der Waals surface area contributed by atoms with Crippen LogP contribution >= 0.6 is 59.1 Å². The Morgan fingerprint density at radius 2 is 1.94 bits per heavy atom. The smallest absolute Gasteiger partial charge is 0.265 e. The number of anilines is 1. The summed E-state index contributed by atoms with van der Waals surface area (Å²) in [5.74, 6) is -0.815. The lowest BCUT2D eigenvalue weighted by molar-refractivity contribution is 0.103. The van der Waals surface area contributed by atoms with Gasteiger partial charge in [0.2, 0.25) is 0 Å². The summed E-state index contributed by atoms with van der Waals surface area (Å²) in [5.41, 5.74) is 0.148. The van der Waals surface area contributed by atoms with Crippen molar-refractivity contribution in [2.45, 2.75) is 0 Å². The molecule has 0 fully saturated rings. The Hall–Kier alpha value is -0.240. The van der Waals surface area contributed by atoms with Gasteiger partial charge in [-0.05, 0) is 56.1 Å². The molecule has 0 atom stereocenters. The van der Waals surface area contributed by atoms with Crippen LogP contribution in [0.4, 0.5) is 10.1 Å². The Balaban J connectivity index is 2.23. The van der Waals surface area contributed by atoms with Crippen LogP contribution in [0.5, 0.6) is 0 Å². The third-order valence-corrected chi connectivity index (χ3v) is 5.79. The fourth-order valence-corrected chi connectivity index (χ4v) is 3.53. The minimum absolute atomic E-state index is 0.148. The minimum Gasteiger partial charge on any atom is -0.319 e. The van der Waals surface area contributed by atoms with Crippen LogP contribution in [0.15, 0.2) is 37.0 Å². The van der Waals surface area contributed by atoms with E-state index in [1.54, 1.807) is 12.1 Å². The van der Waals surface area contributed by atoms with Crippen molar-refractivity contribution in [3.05, 3.63) is 47.7 Å². The standard InChI is InChI=1S/C11H5Br3FNOS/c12-5-1-2-7(15)8(3-5)16-11(17)9-4-6(13)10(14)18-9/h1-4H,(H,16,17). The number of carbonyl (C=O) groups excluding carboxylic acids is 1. The summed E-state index contributed by atoms with van der Waals surface area (Å²) in [4.78, 5) is 12.4. The average Bonchev–Trinajstić information content (AvgIpc) is 2.64. The van der Waals surface area contributed by atoms with Crippen molar-refractivity contribution in [3.63, 3.8) is 0 Å². The van der Waals surface area contributed by atoms with Gasteiger partial charge in [0, 0.05) is 8.95 Å². The van der Waals surface area contributed by atoms with Gasteiger partial charge in [-0.1, -0.05) is 15.9 Å². The van der Waals surface area contributed by atoms with E-state index in [9.17, 15) is 9.18 Å². The zero-order chi connectivity index (χ0) is 13.3. The summed E-state index contributed by atoms with van der Waals surface area (Å²) in [5, 5.41) is 2.53. The fourth-order valence-electron chi connectivity index (χ4n) is 1.24. The highest BCUT2D eigenvalue weighted by molar-refractivity contribution is 9.13. The van der Waals surface area contributed by atoms with E-state index in [0.717, 1.165) is 8.26 Å². The molecule has 7 heteroatoms. The normalized spacial score (nSPS) is 10.4. The molecule has 0 unspecified atom stereocenters. The average molecular weight is 458 g/mol. The number of thiophene rings is 1. The third kappa shape index (κ3) is 3.20. The van der Waals surface area contributed by atoms with Crippen LogP contribution in [-0.2, 0) is 0 Å². The van der Waals surface area contributed by atoms with Gasteiger partial charge in [-0.3, -0.25) is 4.79 Å². The lowest BCUT2D eigenvalue weighted by atomic mass is 10.3. The van der Waals surface area contributed by atoms with Crippen molar-refractivity contribution < 1.29 is 9.18 Å². The van der Waals surface area contributed by atoms with E-state index in [1.165, 1.54) is 23.5 Å². The molecule has 1 N–H and O–H groups in total. The minimum atomic E-state index is -0.471. The lowest BCUT2D eigenvalue weighted by Crippen LogP contribution is -2.11. The number of benzene rings is 1. The molecule has 2 rings (SSSR count). The molecule has 94 valence electrons. The van der Waals surface area contributed by atoms with Crippen molar-refractivity contribution >= 4 is 70.7 Å². The summed E-state index contributed by atoms with van der Waals surface area (Å²) in [6.45, 7) is 0. The van der Waals surface area contributed by atoms with Crippen LogP contribution in [0, 0.1) is 5.82 Å². The van der Waals surface area contributed by atoms with Crippen molar-refractivity contribution in [3.8, 4) is 0 Å². The predicted molar refractivity (Wildman–Crippen MR) is 81.8 cm³/mol. The molecule has 1 amide bonds. The van der Waals surface area contributed by atoms with Gasteiger partial charge in [0.15, 0.2) is 0 Å². The quantitative estimate of drug-likeness (QED) is 0.640. The predicted octanol–water partition coefficient (Wildman–Crippen LogP) is 5.43. The van der Waals surface area contributed by atoms with Gasteiger partial charge >= 0.3 is 0 Å². The molecule has 2 nitrogen and oxygen atoms in total. The highest BCUT2D eigenvalue weighted by atomic mass is 79.9. The second-order valence-electron chi connectivity index (χ2n) is 3.31. The number of halogens is 4. The van der Waals surface area contributed by atoms with Crippen molar-refractivity contribution in [2.75, 3.05) is 5.32 Å². The topological polar surface area (TPSA) is 29.1 Å². The Kier molecular flexibility index (Phi) is 4.58. The van der Waals surface area contributed by atoms with E-state index >= 15 is 0 Å². The zero-order valence-electron chi connectivity index (χ0n) is 8.64. The van der Waals surface area contributed by atoms with E-state index < -0.39 is 5.82 Å². The Morgan fingerprint density at radius 1 is 1.22 bits per heavy atom. The number of amides is 1. The molecular formula is C11H5Br3FNOS. The zero-order valence-corrected chi connectivity index (χ0v) is 14.2. The number of hydrogen-bond acceptors (Lipinski definition) is 2. The molecule has 0 radical (unpaired) electrons. The molecule has 2 aromatic rings. The molecule has 18 heavy (non-hydrogen) atoms. The lowest BCUT2D eigenvalue weighted by Gasteiger charge is -2.05. The molecule has 0 saturated carbocycles. The van der Waals surface area contributed by atoms with Gasteiger partial charge in [0.25, 0.3) is 5.91 Å². The van der Waals surface area contributed by atoms with Crippen LogP contribution < -0.4 is 5.32 Å². The highest BCUT2D eigenvalue weighted by Gasteiger charge is 2.14. The molecule has 0 aliphatic rings. The summed E-state index contributed by atoms with van der Waals surface area (Å²) in [6.07, 6.45) is 0. The monoisotopic (exact) mass is 455 g/mol. The largest absolute Gasteiger partial charge is 0.319 e. The molecule has 1 aromatic heterocycles. The molecule has 1 heterocycles. The van der Waals surface area contributed by atoms with Crippen molar-refractivity contribution in [1.29, 1.82) is 0 Å². The Bertz CT molecular complexity index is 595. The molecular weight excluding hydrogens is 453 g/mol. The number of nitrogens with one attached hydrogen (secondary N) is 1. The van der Waals surface area contributed by atoms with Gasteiger partial charge < -0.3 is 5.32 Å². The van der Waals surface area contributed by atoms with Gasteiger partial charge in [0.1, 0.15) is 5.82 Å². The van der Waals surface area contributed by atoms with Crippen molar-refractivity contribution in [1.82, 2.24) is 0 Å². The van der Waals surface area contributed by atoms with E-state index in [-0.39, 0.29) is 11.6 Å². The van der Waals surface area contributed by atoms with E-state index in [1.807, 2.05) is 0 Å². The van der Waals surface area contributed by atoms with Gasteiger partial charge in [0.05, 0.1) is 14.4 Å². The number of rotatable bonds is 2. The molecule has 1 aromatic carbocycles.